The highest BCUT2D eigenvalue weighted by Crippen LogP contribution is 2.26. The summed E-state index contributed by atoms with van der Waals surface area (Å²) in [5.74, 6) is -0.314. The molecule has 0 bridgehead atoms. The van der Waals surface area contributed by atoms with Gasteiger partial charge < -0.3 is 15.0 Å². The van der Waals surface area contributed by atoms with E-state index >= 15 is 0 Å². The van der Waals surface area contributed by atoms with Crippen LogP contribution in [0.3, 0.4) is 0 Å². The van der Waals surface area contributed by atoms with Crippen molar-refractivity contribution in [2.75, 3.05) is 18.0 Å². The van der Waals surface area contributed by atoms with Crippen molar-refractivity contribution >= 4 is 39.1 Å². The number of rotatable bonds is 12. The van der Waals surface area contributed by atoms with Crippen LogP contribution >= 0.6 is 11.6 Å². The highest BCUT2D eigenvalue weighted by molar-refractivity contribution is 7.92. The Bertz CT molecular complexity index is 1390. The van der Waals surface area contributed by atoms with Crippen molar-refractivity contribution in [3.63, 3.8) is 0 Å². The Morgan fingerprint density at radius 2 is 1.55 bits per heavy atom. The van der Waals surface area contributed by atoms with E-state index in [1.165, 1.54) is 24.1 Å². The van der Waals surface area contributed by atoms with Crippen molar-refractivity contribution in [2.45, 2.75) is 57.6 Å². The number of methoxy groups -OCH3 is 1. The first kappa shape index (κ1) is 31.0. The summed E-state index contributed by atoms with van der Waals surface area (Å²) in [6, 6.07) is 18.9. The van der Waals surface area contributed by atoms with Gasteiger partial charge in [0.1, 0.15) is 18.3 Å². The molecular formula is C30H36ClN3O5S. The van der Waals surface area contributed by atoms with Gasteiger partial charge in [0, 0.05) is 17.6 Å². The number of hydrogen-bond acceptors (Lipinski definition) is 5. The maximum Gasteiger partial charge on any atom is 0.264 e. The van der Waals surface area contributed by atoms with E-state index in [-0.39, 0.29) is 23.4 Å². The molecule has 2 amide bonds. The quantitative estimate of drug-likeness (QED) is 0.316. The highest BCUT2D eigenvalue weighted by atomic mass is 35.5. The number of carbonyl (C=O) groups excluding carboxylic acids is 2. The summed E-state index contributed by atoms with van der Waals surface area (Å²) in [4.78, 5) is 28.7. The molecule has 3 aromatic rings. The maximum absolute atomic E-state index is 14.0. The molecule has 0 aliphatic heterocycles. The van der Waals surface area contributed by atoms with Gasteiger partial charge in [0.2, 0.25) is 11.8 Å². The summed E-state index contributed by atoms with van der Waals surface area (Å²) in [7, 11) is -2.66. The van der Waals surface area contributed by atoms with Gasteiger partial charge in [-0.3, -0.25) is 13.9 Å². The molecule has 0 unspecified atom stereocenters. The zero-order valence-corrected chi connectivity index (χ0v) is 25.0. The number of aryl methyl sites for hydroxylation is 1. The number of nitrogens with zero attached hydrogens (tertiary/aromatic N) is 2. The van der Waals surface area contributed by atoms with E-state index in [2.05, 4.69) is 5.32 Å². The predicted octanol–water partition coefficient (Wildman–Crippen LogP) is 5.18. The van der Waals surface area contributed by atoms with Gasteiger partial charge in [-0.25, -0.2) is 8.42 Å². The minimum absolute atomic E-state index is 0.00974. The van der Waals surface area contributed by atoms with Crippen molar-refractivity contribution in [1.29, 1.82) is 0 Å². The zero-order valence-electron chi connectivity index (χ0n) is 23.4. The number of nitrogens with one attached hydrogen (secondary N) is 1. The SMILES string of the molecule is CC[C@@H](C(=O)NC(C)C)N(Cc1ccc(Cl)cc1)C(=O)CN(c1ccc(C)cc1)S(=O)(=O)c1ccc(OC)cc1. The molecule has 1 atom stereocenters. The summed E-state index contributed by atoms with van der Waals surface area (Å²) in [6.07, 6.45) is 0.341. The average Bonchev–Trinajstić information content (AvgIpc) is 2.92. The third-order valence-corrected chi connectivity index (χ3v) is 8.37. The van der Waals surface area contributed by atoms with Crippen LogP contribution < -0.4 is 14.4 Å². The molecule has 0 saturated heterocycles. The third-order valence-electron chi connectivity index (χ3n) is 6.33. The lowest BCUT2D eigenvalue weighted by atomic mass is 10.1. The second kappa shape index (κ2) is 13.7. The van der Waals surface area contributed by atoms with Crippen LogP contribution in [0, 0.1) is 6.92 Å². The Kier molecular flexibility index (Phi) is 10.6. The lowest BCUT2D eigenvalue weighted by Crippen LogP contribution is -2.53. The van der Waals surface area contributed by atoms with Gasteiger partial charge in [-0.1, -0.05) is 48.4 Å². The standard InChI is InChI=1S/C30H36ClN3O5S/c1-6-28(30(36)32-21(2)3)33(19-23-9-11-24(31)12-10-23)29(35)20-34(25-13-7-22(4)8-14-25)40(37,38)27-17-15-26(39-5)16-18-27/h7-18,21,28H,6,19-20H2,1-5H3,(H,32,36)/t28-/m0/s1. The number of amides is 2. The molecule has 0 saturated carbocycles. The molecule has 3 aromatic carbocycles. The number of benzene rings is 3. The second-order valence-corrected chi connectivity index (χ2v) is 12.1. The van der Waals surface area contributed by atoms with E-state index < -0.39 is 28.5 Å². The average molecular weight is 586 g/mol. The largest absolute Gasteiger partial charge is 0.497 e. The Balaban J connectivity index is 2.05. The third kappa shape index (κ3) is 7.76. The Hall–Kier alpha value is -3.56. The molecule has 214 valence electrons. The Morgan fingerprint density at radius 1 is 0.950 bits per heavy atom. The van der Waals surface area contributed by atoms with E-state index in [4.69, 9.17) is 16.3 Å². The van der Waals surface area contributed by atoms with Crippen LogP contribution in [0.1, 0.15) is 38.3 Å². The van der Waals surface area contributed by atoms with Crippen molar-refractivity contribution in [3.05, 3.63) is 88.9 Å². The minimum atomic E-state index is -4.16. The van der Waals surface area contributed by atoms with E-state index in [9.17, 15) is 18.0 Å². The summed E-state index contributed by atoms with van der Waals surface area (Å²) in [6.45, 7) is 7.00. The monoisotopic (exact) mass is 585 g/mol. The van der Waals surface area contributed by atoms with E-state index in [0.717, 1.165) is 15.4 Å². The fraction of sp³-hybridized carbons (Fsp3) is 0.333. The number of carbonyl (C=O) groups is 2. The molecule has 0 fully saturated rings. The number of sulfonamides is 1. The van der Waals surface area contributed by atoms with Gasteiger partial charge in [0.25, 0.3) is 10.0 Å². The molecule has 40 heavy (non-hydrogen) atoms. The van der Waals surface area contributed by atoms with E-state index in [1.54, 1.807) is 60.7 Å². The summed E-state index contributed by atoms with van der Waals surface area (Å²) in [5, 5.41) is 3.43. The first-order valence-electron chi connectivity index (χ1n) is 13.0. The van der Waals surface area contributed by atoms with Crippen LogP contribution in [-0.2, 0) is 26.2 Å². The molecule has 0 heterocycles. The van der Waals surface area contributed by atoms with Gasteiger partial charge >= 0.3 is 0 Å². The molecule has 1 N–H and O–H groups in total. The topological polar surface area (TPSA) is 96.0 Å². The van der Waals surface area contributed by atoms with Gasteiger partial charge in [-0.05, 0) is 81.3 Å². The van der Waals surface area contributed by atoms with Crippen LogP contribution in [0.2, 0.25) is 5.02 Å². The van der Waals surface area contributed by atoms with E-state index in [0.29, 0.717) is 22.9 Å². The van der Waals surface area contributed by atoms with Crippen LogP contribution in [0.25, 0.3) is 0 Å². The normalized spacial score (nSPS) is 12.1. The van der Waals surface area contributed by atoms with E-state index in [1.807, 2.05) is 27.7 Å². The van der Waals surface area contributed by atoms with Gasteiger partial charge in [-0.15, -0.1) is 0 Å². The van der Waals surface area contributed by atoms with Gasteiger partial charge in [0.15, 0.2) is 0 Å². The number of hydrogen-bond donors (Lipinski definition) is 1. The van der Waals surface area contributed by atoms with Gasteiger partial charge in [-0.2, -0.15) is 0 Å². The minimum Gasteiger partial charge on any atom is -0.497 e. The lowest BCUT2D eigenvalue weighted by Gasteiger charge is -2.33. The smallest absolute Gasteiger partial charge is 0.264 e. The molecule has 0 aliphatic rings. The molecule has 10 heteroatoms. The van der Waals surface area contributed by atoms with Crippen LogP contribution in [0.15, 0.2) is 77.7 Å². The van der Waals surface area contributed by atoms with Crippen molar-refractivity contribution in [2.24, 2.45) is 0 Å². The van der Waals surface area contributed by atoms with Crippen LogP contribution in [0.4, 0.5) is 5.69 Å². The number of ether oxygens (including phenoxy) is 1. The van der Waals surface area contributed by atoms with Crippen LogP contribution in [-0.4, -0.2) is 50.9 Å². The Labute approximate surface area is 241 Å². The highest BCUT2D eigenvalue weighted by Gasteiger charge is 2.33. The molecule has 3 rings (SSSR count). The number of halogens is 1. The summed E-state index contributed by atoms with van der Waals surface area (Å²) >= 11 is 6.06. The molecule has 0 aromatic heterocycles. The molecule has 0 spiro atoms. The molecular weight excluding hydrogens is 550 g/mol. The summed E-state index contributed by atoms with van der Waals surface area (Å²) < 4.78 is 34.1. The van der Waals surface area contributed by atoms with Crippen molar-refractivity contribution in [1.82, 2.24) is 10.2 Å². The summed E-state index contributed by atoms with van der Waals surface area (Å²) in [5.41, 5.74) is 2.03. The fourth-order valence-electron chi connectivity index (χ4n) is 4.20. The van der Waals surface area contributed by atoms with Gasteiger partial charge in [0.05, 0.1) is 17.7 Å². The second-order valence-electron chi connectivity index (χ2n) is 9.76. The molecule has 0 radical (unpaired) electrons. The van der Waals surface area contributed by atoms with Crippen molar-refractivity contribution < 1.29 is 22.7 Å². The number of anilines is 1. The molecule has 8 nitrogen and oxygen atoms in total. The zero-order chi connectivity index (χ0) is 29.4. The van der Waals surface area contributed by atoms with Crippen molar-refractivity contribution in [3.8, 4) is 5.75 Å². The first-order valence-corrected chi connectivity index (χ1v) is 14.9. The fourth-order valence-corrected chi connectivity index (χ4v) is 5.74. The first-order chi connectivity index (χ1) is 19.0. The Morgan fingerprint density at radius 3 is 2.08 bits per heavy atom. The predicted molar refractivity (Wildman–Crippen MR) is 158 cm³/mol. The molecule has 0 aliphatic carbocycles. The maximum atomic E-state index is 14.0. The lowest BCUT2D eigenvalue weighted by molar-refractivity contribution is -0.140. The van der Waals surface area contributed by atoms with Crippen LogP contribution in [0.5, 0.6) is 5.75 Å².